The predicted molar refractivity (Wildman–Crippen MR) is 120 cm³/mol. The van der Waals surface area contributed by atoms with Crippen molar-refractivity contribution in [3.63, 3.8) is 0 Å². The molecule has 0 spiro atoms. The topological polar surface area (TPSA) is 69.7 Å². The van der Waals surface area contributed by atoms with Gasteiger partial charge in [0.2, 0.25) is 15.9 Å². The zero-order valence-corrected chi connectivity index (χ0v) is 17.3. The number of carbonyl (C=O) groups excluding carboxylic acids is 1. The van der Waals surface area contributed by atoms with Gasteiger partial charge in [0, 0.05) is 42.9 Å². The lowest BCUT2D eigenvalue weighted by molar-refractivity contribution is -0.111. The molecule has 0 bridgehead atoms. The fourth-order valence-corrected chi connectivity index (χ4v) is 5.13. The summed E-state index contributed by atoms with van der Waals surface area (Å²) in [5.41, 5.74) is 1.66. The first-order chi connectivity index (χ1) is 14.5. The van der Waals surface area contributed by atoms with Crippen molar-refractivity contribution in [2.45, 2.75) is 4.90 Å². The molecule has 1 heterocycles. The summed E-state index contributed by atoms with van der Waals surface area (Å²) in [6, 6.07) is 20.6. The van der Waals surface area contributed by atoms with Gasteiger partial charge in [0.05, 0.1) is 4.90 Å². The van der Waals surface area contributed by atoms with Crippen molar-refractivity contribution in [2.75, 3.05) is 36.4 Å². The second-order valence-corrected chi connectivity index (χ2v) is 9.05. The SMILES string of the molecule is C=CC(=O)Nc1ccc(S(=O)(=O)N2CCN(c3cccc4ccccc34)CC2)cc1. The molecule has 1 fully saturated rings. The van der Waals surface area contributed by atoms with Crippen LogP contribution in [-0.2, 0) is 14.8 Å². The van der Waals surface area contributed by atoms with Gasteiger partial charge >= 0.3 is 0 Å². The van der Waals surface area contributed by atoms with Crippen LogP contribution < -0.4 is 10.2 Å². The summed E-state index contributed by atoms with van der Waals surface area (Å²) in [6.45, 7) is 5.49. The van der Waals surface area contributed by atoms with Crippen molar-refractivity contribution in [3.8, 4) is 0 Å². The number of nitrogens with one attached hydrogen (secondary N) is 1. The third-order valence-corrected chi connectivity index (χ3v) is 7.20. The maximum Gasteiger partial charge on any atom is 0.247 e. The van der Waals surface area contributed by atoms with Crippen molar-refractivity contribution in [2.24, 2.45) is 0 Å². The molecular weight excluding hydrogens is 398 g/mol. The highest BCUT2D eigenvalue weighted by Crippen LogP contribution is 2.28. The Bertz CT molecular complexity index is 1180. The van der Waals surface area contributed by atoms with Gasteiger partial charge in [-0.3, -0.25) is 4.79 Å². The molecule has 30 heavy (non-hydrogen) atoms. The zero-order valence-electron chi connectivity index (χ0n) is 16.5. The second-order valence-electron chi connectivity index (χ2n) is 7.11. The second kappa shape index (κ2) is 8.30. The van der Waals surface area contributed by atoms with Gasteiger partial charge in [-0.1, -0.05) is 43.0 Å². The van der Waals surface area contributed by atoms with Gasteiger partial charge in [-0.25, -0.2) is 8.42 Å². The van der Waals surface area contributed by atoms with Crippen LogP contribution in [0.5, 0.6) is 0 Å². The van der Waals surface area contributed by atoms with Crippen LogP contribution in [0.2, 0.25) is 0 Å². The molecule has 154 valence electrons. The molecule has 1 aliphatic rings. The van der Waals surface area contributed by atoms with Crippen LogP contribution >= 0.6 is 0 Å². The smallest absolute Gasteiger partial charge is 0.247 e. The number of hydrogen-bond acceptors (Lipinski definition) is 4. The number of sulfonamides is 1. The minimum Gasteiger partial charge on any atom is -0.368 e. The summed E-state index contributed by atoms with van der Waals surface area (Å²) >= 11 is 0. The number of carbonyl (C=O) groups is 1. The number of benzene rings is 3. The van der Waals surface area contributed by atoms with E-state index in [1.165, 1.54) is 33.3 Å². The Morgan fingerprint density at radius 2 is 1.57 bits per heavy atom. The lowest BCUT2D eigenvalue weighted by atomic mass is 10.1. The van der Waals surface area contributed by atoms with Gasteiger partial charge < -0.3 is 10.2 Å². The molecule has 0 saturated carbocycles. The lowest BCUT2D eigenvalue weighted by Gasteiger charge is -2.36. The van der Waals surface area contributed by atoms with Crippen molar-refractivity contribution >= 4 is 38.1 Å². The van der Waals surface area contributed by atoms with E-state index in [0.717, 1.165) is 5.69 Å². The van der Waals surface area contributed by atoms with Crippen LogP contribution in [0.15, 0.2) is 84.3 Å². The molecule has 1 aliphatic heterocycles. The van der Waals surface area contributed by atoms with Crippen LogP contribution in [0.3, 0.4) is 0 Å². The van der Waals surface area contributed by atoms with E-state index in [1.807, 2.05) is 18.2 Å². The van der Waals surface area contributed by atoms with Crippen LogP contribution in [0.25, 0.3) is 10.8 Å². The Morgan fingerprint density at radius 1 is 0.900 bits per heavy atom. The first kappa shape index (κ1) is 20.1. The molecule has 1 N–H and O–H groups in total. The number of piperazine rings is 1. The monoisotopic (exact) mass is 421 g/mol. The first-order valence-electron chi connectivity index (χ1n) is 9.75. The number of nitrogens with zero attached hydrogens (tertiary/aromatic N) is 2. The maximum atomic E-state index is 13.0. The molecule has 0 aromatic heterocycles. The number of hydrogen-bond donors (Lipinski definition) is 1. The summed E-state index contributed by atoms with van der Waals surface area (Å²) < 4.78 is 27.6. The van der Waals surface area contributed by atoms with Crippen molar-refractivity contribution < 1.29 is 13.2 Å². The van der Waals surface area contributed by atoms with Gasteiger partial charge in [0.15, 0.2) is 0 Å². The minimum atomic E-state index is -3.59. The lowest BCUT2D eigenvalue weighted by Crippen LogP contribution is -2.48. The van der Waals surface area contributed by atoms with E-state index in [2.05, 4.69) is 41.1 Å². The molecule has 0 aliphatic carbocycles. The van der Waals surface area contributed by atoms with E-state index < -0.39 is 10.0 Å². The molecule has 1 saturated heterocycles. The number of anilines is 2. The quantitative estimate of drug-likeness (QED) is 0.641. The molecule has 6 nitrogen and oxygen atoms in total. The summed E-state index contributed by atoms with van der Waals surface area (Å²) in [6.07, 6.45) is 1.17. The van der Waals surface area contributed by atoms with E-state index in [0.29, 0.717) is 31.9 Å². The highest BCUT2D eigenvalue weighted by atomic mass is 32.2. The van der Waals surface area contributed by atoms with Gasteiger partial charge in [0.1, 0.15) is 0 Å². The highest BCUT2D eigenvalue weighted by molar-refractivity contribution is 7.89. The van der Waals surface area contributed by atoms with Gasteiger partial charge in [-0.05, 0) is 41.8 Å². The minimum absolute atomic E-state index is 0.220. The molecule has 3 aromatic rings. The summed E-state index contributed by atoms with van der Waals surface area (Å²) in [7, 11) is -3.59. The van der Waals surface area contributed by atoms with E-state index in [-0.39, 0.29) is 10.8 Å². The molecule has 0 atom stereocenters. The first-order valence-corrected chi connectivity index (χ1v) is 11.2. The standard InChI is InChI=1S/C23H23N3O3S/c1-2-23(27)24-19-10-12-20(13-11-19)30(28,29)26-16-14-25(15-17-26)22-9-5-7-18-6-3-4-8-21(18)22/h2-13H,1,14-17H2,(H,24,27). The fraction of sp³-hybridized carbons (Fsp3) is 0.174. The normalized spacial score (nSPS) is 15.1. The van der Waals surface area contributed by atoms with Crippen LogP contribution in [0.4, 0.5) is 11.4 Å². The van der Waals surface area contributed by atoms with Gasteiger partial charge in [-0.2, -0.15) is 4.31 Å². The third kappa shape index (κ3) is 3.94. The van der Waals surface area contributed by atoms with Gasteiger partial charge in [0.25, 0.3) is 0 Å². The fourth-order valence-electron chi connectivity index (χ4n) is 3.71. The molecule has 3 aromatic carbocycles. The molecule has 7 heteroatoms. The third-order valence-electron chi connectivity index (χ3n) is 5.29. The number of fused-ring (bicyclic) bond motifs is 1. The Hall–Kier alpha value is -3.16. The van der Waals surface area contributed by atoms with Crippen LogP contribution in [-0.4, -0.2) is 44.8 Å². The van der Waals surface area contributed by atoms with Crippen molar-refractivity contribution in [3.05, 3.63) is 79.4 Å². The number of amides is 1. The van der Waals surface area contributed by atoms with E-state index in [4.69, 9.17) is 0 Å². The largest absolute Gasteiger partial charge is 0.368 e. The molecule has 0 unspecified atom stereocenters. The van der Waals surface area contributed by atoms with Crippen LogP contribution in [0, 0.1) is 0 Å². The Morgan fingerprint density at radius 3 is 2.27 bits per heavy atom. The van der Waals surface area contributed by atoms with E-state index in [1.54, 1.807) is 12.1 Å². The van der Waals surface area contributed by atoms with Crippen molar-refractivity contribution in [1.29, 1.82) is 0 Å². The van der Waals surface area contributed by atoms with E-state index >= 15 is 0 Å². The summed E-state index contributed by atoms with van der Waals surface area (Å²) in [4.78, 5) is 13.8. The van der Waals surface area contributed by atoms with E-state index in [9.17, 15) is 13.2 Å². The Labute approximate surface area is 176 Å². The zero-order chi connectivity index (χ0) is 21.1. The van der Waals surface area contributed by atoms with Crippen molar-refractivity contribution in [1.82, 2.24) is 4.31 Å². The summed E-state index contributed by atoms with van der Waals surface area (Å²) in [5.74, 6) is -0.338. The molecular formula is C23H23N3O3S. The molecule has 0 radical (unpaired) electrons. The molecule has 4 rings (SSSR count). The highest BCUT2D eigenvalue weighted by Gasteiger charge is 2.29. The van der Waals surface area contributed by atoms with Gasteiger partial charge in [-0.15, -0.1) is 0 Å². The van der Waals surface area contributed by atoms with Crippen LogP contribution in [0.1, 0.15) is 0 Å². The molecule has 1 amide bonds. The maximum absolute atomic E-state index is 13.0. The Balaban J connectivity index is 1.48. The Kier molecular flexibility index (Phi) is 5.57. The average Bonchev–Trinajstić information content (AvgIpc) is 2.79. The number of rotatable bonds is 5. The average molecular weight is 422 g/mol. The predicted octanol–water partition coefficient (Wildman–Crippen LogP) is 3.48. The summed E-state index contributed by atoms with van der Waals surface area (Å²) in [5, 5.41) is 4.97.